The van der Waals surface area contributed by atoms with E-state index >= 15 is 0 Å². The van der Waals surface area contributed by atoms with Crippen molar-refractivity contribution in [3.63, 3.8) is 0 Å². The van der Waals surface area contributed by atoms with Crippen molar-refractivity contribution in [1.29, 1.82) is 0 Å². The first-order valence-corrected chi connectivity index (χ1v) is 5.71. The highest BCUT2D eigenvalue weighted by molar-refractivity contribution is 5.79. The molecule has 2 nitrogen and oxygen atoms in total. The van der Waals surface area contributed by atoms with Crippen molar-refractivity contribution in [3.05, 3.63) is 53.6 Å². The van der Waals surface area contributed by atoms with Gasteiger partial charge in [0.2, 0.25) is 0 Å². The maximum absolute atomic E-state index is 10.9. The molecule has 0 bridgehead atoms. The molecule has 0 aliphatic heterocycles. The minimum Gasteiger partial charge on any atom is -0.465 e. The summed E-state index contributed by atoms with van der Waals surface area (Å²) in [6, 6.07) is 8.22. The number of esters is 1. The van der Waals surface area contributed by atoms with E-state index in [-0.39, 0.29) is 11.9 Å². The van der Waals surface area contributed by atoms with Gasteiger partial charge in [0.05, 0.1) is 0 Å². The average Bonchev–Trinajstić information content (AvgIpc) is 2.60. The SMILES string of the molecule is C=CC1=C(C)c2ccccc2C1COC(C)=O. The summed E-state index contributed by atoms with van der Waals surface area (Å²) < 4.78 is 5.14. The molecule has 88 valence electrons. The molecule has 1 aliphatic carbocycles. The highest BCUT2D eigenvalue weighted by Crippen LogP contribution is 2.42. The number of rotatable bonds is 3. The Hall–Kier alpha value is -1.83. The molecule has 0 saturated heterocycles. The molecule has 1 aliphatic rings. The van der Waals surface area contributed by atoms with E-state index in [0.29, 0.717) is 6.61 Å². The van der Waals surface area contributed by atoms with Gasteiger partial charge in [-0.2, -0.15) is 0 Å². The molecule has 2 rings (SSSR count). The Morgan fingerprint density at radius 2 is 2.18 bits per heavy atom. The van der Waals surface area contributed by atoms with Crippen LogP contribution < -0.4 is 0 Å². The van der Waals surface area contributed by atoms with E-state index in [1.807, 2.05) is 18.2 Å². The van der Waals surface area contributed by atoms with E-state index in [2.05, 4.69) is 25.6 Å². The average molecular weight is 228 g/mol. The van der Waals surface area contributed by atoms with Crippen LogP contribution in [0.2, 0.25) is 0 Å². The molecule has 0 spiro atoms. The van der Waals surface area contributed by atoms with Gasteiger partial charge in [-0.3, -0.25) is 4.79 Å². The lowest BCUT2D eigenvalue weighted by atomic mass is 9.97. The molecule has 17 heavy (non-hydrogen) atoms. The maximum Gasteiger partial charge on any atom is 0.302 e. The Morgan fingerprint density at radius 1 is 1.47 bits per heavy atom. The Morgan fingerprint density at radius 3 is 2.82 bits per heavy atom. The number of fused-ring (bicyclic) bond motifs is 1. The number of allylic oxidation sites excluding steroid dienone is 2. The lowest BCUT2D eigenvalue weighted by Crippen LogP contribution is -2.10. The molecule has 1 unspecified atom stereocenters. The number of hydrogen-bond donors (Lipinski definition) is 0. The van der Waals surface area contributed by atoms with E-state index in [1.54, 1.807) is 0 Å². The van der Waals surface area contributed by atoms with E-state index in [0.717, 1.165) is 5.57 Å². The highest BCUT2D eigenvalue weighted by Gasteiger charge is 2.27. The Labute approximate surface area is 102 Å². The van der Waals surface area contributed by atoms with Crippen LogP contribution in [0.15, 0.2) is 42.5 Å². The van der Waals surface area contributed by atoms with Gasteiger partial charge in [0, 0.05) is 12.8 Å². The second-order valence-electron chi connectivity index (χ2n) is 4.23. The first-order chi connectivity index (χ1) is 8.15. The van der Waals surface area contributed by atoms with Gasteiger partial charge in [-0.15, -0.1) is 0 Å². The summed E-state index contributed by atoms with van der Waals surface area (Å²) in [5, 5.41) is 0. The second kappa shape index (κ2) is 4.58. The van der Waals surface area contributed by atoms with E-state index in [9.17, 15) is 4.79 Å². The molecule has 1 atom stereocenters. The molecular weight excluding hydrogens is 212 g/mol. The summed E-state index contributed by atoms with van der Waals surface area (Å²) in [5.41, 5.74) is 4.85. The lowest BCUT2D eigenvalue weighted by molar-refractivity contribution is -0.141. The Kier molecular flexibility index (Phi) is 3.14. The Bertz CT molecular complexity index is 497. The largest absolute Gasteiger partial charge is 0.465 e. The third-order valence-electron chi connectivity index (χ3n) is 3.22. The topological polar surface area (TPSA) is 26.3 Å². The van der Waals surface area contributed by atoms with Crippen LogP contribution in [-0.2, 0) is 9.53 Å². The van der Waals surface area contributed by atoms with Crippen molar-refractivity contribution in [3.8, 4) is 0 Å². The van der Waals surface area contributed by atoms with Gasteiger partial charge in [-0.25, -0.2) is 0 Å². The summed E-state index contributed by atoms with van der Waals surface area (Å²) >= 11 is 0. The van der Waals surface area contributed by atoms with Gasteiger partial charge in [-0.05, 0) is 29.2 Å². The monoisotopic (exact) mass is 228 g/mol. The zero-order valence-electron chi connectivity index (χ0n) is 10.2. The van der Waals surface area contributed by atoms with Crippen molar-refractivity contribution >= 4 is 11.5 Å². The fraction of sp³-hybridized carbons (Fsp3) is 0.267. The van der Waals surface area contributed by atoms with Crippen LogP contribution in [-0.4, -0.2) is 12.6 Å². The van der Waals surface area contributed by atoms with Crippen LogP contribution >= 0.6 is 0 Å². The minimum absolute atomic E-state index is 0.132. The quantitative estimate of drug-likeness (QED) is 0.742. The van der Waals surface area contributed by atoms with Gasteiger partial charge in [0.1, 0.15) is 6.61 Å². The normalized spacial score (nSPS) is 17.9. The molecule has 1 aromatic carbocycles. The molecule has 0 N–H and O–H groups in total. The molecule has 0 heterocycles. The maximum atomic E-state index is 10.9. The molecule has 2 heteroatoms. The first-order valence-electron chi connectivity index (χ1n) is 5.71. The fourth-order valence-corrected chi connectivity index (χ4v) is 2.40. The van der Waals surface area contributed by atoms with Crippen LogP contribution in [0.5, 0.6) is 0 Å². The molecule has 0 fully saturated rings. The van der Waals surface area contributed by atoms with Crippen molar-refractivity contribution in [2.24, 2.45) is 0 Å². The summed E-state index contributed by atoms with van der Waals surface area (Å²) in [6.07, 6.45) is 1.86. The number of ether oxygens (including phenoxy) is 1. The van der Waals surface area contributed by atoms with Crippen LogP contribution in [0.4, 0.5) is 0 Å². The lowest BCUT2D eigenvalue weighted by Gasteiger charge is -2.14. The minimum atomic E-state index is -0.240. The van der Waals surface area contributed by atoms with Gasteiger partial charge in [0.15, 0.2) is 0 Å². The predicted molar refractivity (Wildman–Crippen MR) is 68.6 cm³/mol. The molecule has 1 aromatic rings. The number of carbonyl (C=O) groups is 1. The molecule has 0 aromatic heterocycles. The van der Waals surface area contributed by atoms with Gasteiger partial charge < -0.3 is 4.74 Å². The van der Waals surface area contributed by atoms with Crippen LogP contribution in [0.25, 0.3) is 5.57 Å². The van der Waals surface area contributed by atoms with Crippen molar-refractivity contribution in [2.75, 3.05) is 6.61 Å². The van der Waals surface area contributed by atoms with Gasteiger partial charge in [0.25, 0.3) is 0 Å². The fourth-order valence-electron chi connectivity index (χ4n) is 2.40. The van der Waals surface area contributed by atoms with Crippen molar-refractivity contribution < 1.29 is 9.53 Å². The van der Waals surface area contributed by atoms with Gasteiger partial charge >= 0.3 is 5.97 Å². The predicted octanol–water partition coefficient (Wildman–Crippen LogP) is 3.31. The number of hydrogen-bond acceptors (Lipinski definition) is 2. The summed E-state index contributed by atoms with van der Waals surface area (Å²) in [7, 11) is 0. The Balaban J connectivity index is 2.37. The molecular formula is C15H16O2. The molecule has 0 amide bonds. The van der Waals surface area contributed by atoms with Crippen LogP contribution in [0, 0.1) is 0 Å². The third kappa shape index (κ3) is 2.03. The number of carbonyl (C=O) groups excluding carboxylic acids is 1. The van der Waals surface area contributed by atoms with Crippen molar-refractivity contribution in [1.82, 2.24) is 0 Å². The summed E-state index contributed by atoms with van der Waals surface area (Å²) in [4.78, 5) is 10.9. The van der Waals surface area contributed by atoms with Crippen LogP contribution in [0.3, 0.4) is 0 Å². The zero-order valence-corrected chi connectivity index (χ0v) is 10.2. The first kappa shape index (κ1) is 11.6. The standard InChI is InChI=1S/C15H16O2/c1-4-12-10(2)13-7-5-6-8-14(13)15(12)9-17-11(3)16/h4-8,15H,1,9H2,2-3H3. The smallest absolute Gasteiger partial charge is 0.302 e. The second-order valence-corrected chi connectivity index (χ2v) is 4.23. The van der Waals surface area contributed by atoms with Gasteiger partial charge in [-0.1, -0.05) is 36.9 Å². The number of benzene rings is 1. The van der Waals surface area contributed by atoms with Crippen molar-refractivity contribution in [2.45, 2.75) is 19.8 Å². The summed E-state index contributed by atoms with van der Waals surface area (Å²) in [6.45, 7) is 7.77. The van der Waals surface area contributed by atoms with E-state index < -0.39 is 0 Å². The third-order valence-corrected chi connectivity index (χ3v) is 3.22. The molecule has 0 radical (unpaired) electrons. The van der Waals surface area contributed by atoms with E-state index in [4.69, 9.17) is 4.74 Å². The summed E-state index contributed by atoms with van der Waals surface area (Å²) in [5.74, 6) is -0.108. The van der Waals surface area contributed by atoms with Crippen LogP contribution in [0.1, 0.15) is 30.9 Å². The molecule has 0 saturated carbocycles. The van der Waals surface area contributed by atoms with E-state index in [1.165, 1.54) is 23.6 Å². The zero-order chi connectivity index (χ0) is 12.4. The highest BCUT2D eigenvalue weighted by atomic mass is 16.5.